The maximum Gasteiger partial charge on any atom is 0.343 e. The standard InChI is InChI=1S/C14H20N2O4/c1-14(2)9-16(7-8-20-14)11-6-5-10(13(17)19-4)12(15-11)18-3/h5-6H,7-9H2,1-4H3. The SMILES string of the molecule is COC(=O)c1ccc(N2CCOC(C)(C)C2)nc1OC. The van der Waals surface area contributed by atoms with Gasteiger partial charge in [-0.3, -0.25) is 0 Å². The van der Waals surface area contributed by atoms with Gasteiger partial charge in [-0.25, -0.2) is 4.79 Å². The van der Waals surface area contributed by atoms with E-state index in [2.05, 4.69) is 9.88 Å². The first kappa shape index (κ1) is 14.6. The quantitative estimate of drug-likeness (QED) is 0.782. The van der Waals surface area contributed by atoms with Crippen LogP contribution in [0.4, 0.5) is 5.82 Å². The Hall–Kier alpha value is -1.82. The molecule has 1 aromatic rings. The van der Waals surface area contributed by atoms with Gasteiger partial charge in [-0.1, -0.05) is 0 Å². The third-order valence-electron chi connectivity index (χ3n) is 3.19. The molecule has 2 heterocycles. The predicted octanol–water partition coefficient (Wildman–Crippen LogP) is 1.49. The number of aromatic nitrogens is 1. The molecule has 0 N–H and O–H groups in total. The fourth-order valence-corrected chi connectivity index (χ4v) is 2.24. The average molecular weight is 280 g/mol. The summed E-state index contributed by atoms with van der Waals surface area (Å²) in [7, 11) is 2.82. The van der Waals surface area contributed by atoms with Gasteiger partial charge in [0.25, 0.3) is 0 Å². The van der Waals surface area contributed by atoms with Gasteiger partial charge in [0.05, 0.1) is 26.4 Å². The third kappa shape index (κ3) is 3.01. The van der Waals surface area contributed by atoms with Gasteiger partial charge in [0.2, 0.25) is 5.88 Å². The van der Waals surface area contributed by atoms with Crippen molar-refractivity contribution in [2.75, 3.05) is 38.8 Å². The lowest BCUT2D eigenvalue weighted by Gasteiger charge is -2.38. The van der Waals surface area contributed by atoms with E-state index in [0.29, 0.717) is 12.2 Å². The lowest BCUT2D eigenvalue weighted by Crippen LogP contribution is -2.48. The van der Waals surface area contributed by atoms with Crippen molar-refractivity contribution >= 4 is 11.8 Å². The Kier molecular flexibility index (Phi) is 4.13. The summed E-state index contributed by atoms with van der Waals surface area (Å²) >= 11 is 0. The minimum atomic E-state index is -0.455. The van der Waals surface area contributed by atoms with Crippen molar-refractivity contribution in [3.05, 3.63) is 17.7 Å². The Bertz CT molecular complexity index is 502. The molecule has 0 spiro atoms. The lowest BCUT2D eigenvalue weighted by atomic mass is 10.1. The molecule has 0 aliphatic carbocycles. The fraction of sp³-hybridized carbons (Fsp3) is 0.571. The second-order valence-corrected chi connectivity index (χ2v) is 5.25. The molecule has 0 saturated carbocycles. The van der Waals surface area contributed by atoms with Gasteiger partial charge < -0.3 is 19.1 Å². The summed E-state index contributed by atoms with van der Waals surface area (Å²) in [6.45, 7) is 6.23. The second kappa shape index (κ2) is 5.66. The van der Waals surface area contributed by atoms with Gasteiger partial charge in [-0.05, 0) is 26.0 Å². The summed E-state index contributed by atoms with van der Waals surface area (Å²) in [4.78, 5) is 18.1. The number of carbonyl (C=O) groups excluding carboxylic acids is 1. The minimum Gasteiger partial charge on any atom is -0.480 e. The van der Waals surface area contributed by atoms with Crippen molar-refractivity contribution in [3.63, 3.8) is 0 Å². The zero-order chi connectivity index (χ0) is 14.8. The van der Waals surface area contributed by atoms with Crippen LogP contribution in [0, 0.1) is 0 Å². The molecule has 0 unspecified atom stereocenters. The molecule has 6 heteroatoms. The highest BCUT2D eigenvalue weighted by molar-refractivity contribution is 5.92. The number of hydrogen-bond acceptors (Lipinski definition) is 6. The van der Waals surface area contributed by atoms with Gasteiger partial charge in [-0.15, -0.1) is 0 Å². The number of ether oxygens (including phenoxy) is 3. The summed E-state index contributed by atoms with van der Waals surface area (Å²) in [5.41, 5.74) is 0.111. The number of esters is 1. The molecule has 0 aromatic carbocycles. The van der Waals surface area contributed by atoms with Crippen molar-refractivity contribution in [2.24, 2.45) is 0 Å². The maximum atomic E-state index is 11.6. The van der Waals surface area contributed by atoms with Crippen molar-refractivity contribution in [2.45, 2.75) is 19.4 Å². The molecular formula is C14H20N2O4. The molecule has 2 rings (SSSR count). The van der Waals surface area contributed by atoms with E-state index in [1.165, 1.54) is 14.2 Å². The highest BCUT2D eigenvalue weighted by Gasteiger charge is 2.28. The predicted molar refractivity (Wildman–Crippen MR) is 74.4 cm³/mol. The van der Waals surface area contributed by atoms with E-state index in [-0.39, 0.29) is 11.5 Å². The molecule has 1 aliphatic rings. The molecule has 1 aliphatic heterocycles. The lowest BCUT2D eigenvalue weighted by molar-refractivity contribution is -0.0279. The molecule has 20 heavy (non-hydrogen) atoms. The van der Waals surface area contributed by atoms with Crippen molar-refractivity contribution in [1.82, 2.24) is 4.98 Å². The highest BCUT2D eigenvalue weighted by atomic mass is 16.5. The van der Waals surface area contributed by atoms with Crippen molar-refractivity contribution < 1.29 is 19.0 Å². The topological polar surface area (TPSA) is 60.9 Å². The number of hydrogen-bond donors (Lipinski definition) is 0. The van der Waals surface area contributed by atoms with Gasteiger partial charge >= 0.3 is 5.97 Å². The fourth-order valence-electron chi connectivity index (χ4n) is 2.24. The minimum absolute atomic E-state index is 0.214. The van der Waals surface area contributed by atoms with E-state index in [0.717, 1.165) is 18.9 Å². The highest BCUT2D eigenvalue weighted by Crippen LogP contribution is 2.25. The molecule has 0 amide bonds. The first-order chi connectivity index (χ1) is 9.46. The van der Waals surface area contributed by atoms with Crippen LogP contribution in [0.25, 0.3) is 0 Å². The zero-order valence-corrected chi connectivity index (χ0v) is 12.3. The monoisotopic (exact) mass is 280 g/mol. The summed E-state index contributed by atoms with van der Waals surface area (Å²) in [6, 6.07) is 3.48. The van der Waals surface area contributed by atoms with E-state index in [1.807, 2.05) is 13.8 Å². The normalized spacial score (nSPS) is 17.7. The van der Waals surface area contributed by atoms with Crippen molar-refractivity contribution in [1.29, 1.82) is 0 Å². The Morgan fingerprint density at radius 3 is 2.75 bits per heavy atom. The molecule has 1 fully saturated rings. The van der Waals surface area contributed by atoms with Gasteiger partial charge in [0, 0.05) is 13.1 Å². The first-order valence-electron chi connectivity index (χ1n) is 6.49. The Balaban J connectivity index is 2.27. The molecule has 0 atom stereocenters. The second-order valence-electron chi connectivity index (χ2n) is 5.25. The zero-order valence-electron chi connectivity index (χ0n) is 12.3. The number of nitrogens with zero attached hydrogens (tertiary/aromatic N) is 2. The largest absolute Gasteiger partial charge is 0.480 e. The molecule has 0 radical (unpaired) electrons. The van der Waals surface area contributed by atoms with Crippen LogP contribution in [-0.2, 0) is 9.47 Å². The third-order valence-corrected chi connectivity index (χ3v) is 3.19. The Labute approximate surface area is 118 Å². The number of methoxy groups -OCH3 is 2. The number of pyridine rings is 1. The van der Waals surface area contributed by atoms with E-state index >= 15 is 0 Å². The maximum absolute atomic E-state index is 11.6. The molecule has 1 saturated heterocycles. The van der Waals surface area contributed by atoms with Gasteiger partial charge in [-0.2, -0.15) is 4.98 Å². The Morgan fingerprint density at radius 1 is 1.40 bits per heavy atom. The van der Waals surface area contributed by atoms with Crippen molar-refractivity contribution in [3.8, 4) is 5.88 Å². The van der Waals surface area contributed by atoms with Crippen LogP contribution in [0.1, 0.15) is 24.2 Å². The summed E-state index contributed by atoms with van der Waals surface area (Å²) in [6.07, 6.45) is 0. The van der Waals surface area contributed by atoms with E-state index < -0.39 is 5.97 Å². The van der Waals surface area contributed by atoms with Crippen LogP contribution >= 0.6 is 0 Å². The van der Waals surface area contributed by atoms with E-state index in [1.54, 1.807) is 12.1 Å². The van der Waals surface area contributed by atoms with Crippen LogP contribution in [0.2, 0.25) is 0 Å². The van der Waals surface area contributed by atoms with Crippen LogP contribution in [-0.4, -0.2) is 50.5 Å². The van der Waals surface area contributed by atoms with Gasteiger partial charge in [0.15, 0.2) is 0 Å². The number of rotatable bonds is 3. The summed E-state index contributed by atoms with van der Waals surface area (Å²) < 4.78 is 15.6. The number of anilines is 1. The van der Waals surface area contributed by atoms with Gasteiger partial charge in [0.1, 0.15) is 11.4 Å². The van der Waals surface area contributed by atoms with Crippen LogP contribution in [0.5, 0.6) is 5.88 Å². The molecule has 0 bridgehead atoms. The summed E-state index contributed by atoms with van der Waals surface area (Å²) in [5, 5.41) is 0. The number of morpholine rings is 1. The average Bonchev–Trinajstić information content (AvgIpc) is 2.44. The smallest absolute Gasteiger partial charge is 0.343 e. The Morgan fingerprint density at radius 2 is 2.15 bits per heavy atom. The van der Waals surface area contributed by atoms with Crippen LogP contribution in [0.15, 0.2) is 12.1 Å². The number of carbonyl (C=O) groups is 1. The van der Waals surface area contributed by atoms with E-state index in [9.17, 15) is 4.79 Å². The molecule has 1 aromatic heterocycles. The molecule has 6 nitrogen and oxygen atoms in total. The van der Waals surface area contributed by atoms with Crippen LogP contribution in [0.3, 0.4) is 0 Å². The van der Waals surface area contributed by atoms with Crippen LogP contribution < -0.4 is 9.64 Å². The summed E-state index contributed by atoms with van der Waals surface area (Å²) in [5.74, 6) is 0.590. The molecule has 110 valence electrons. The first-order valence-corrected chi connectivity index (χ1v) is 6.49. The molecular weight excluding hydrogens is 260 g/mol. The van der Waals surface area contributed by atoms with E-state index in [4.69, 9.17) is 14.2 Å².